The van der Waals surface area contributed by atoms with Gasteiger partial charge in [-0.05, 0) is 26.0 Å². The highest BCUT2D eigenvalue weighted by molar-refractivity contribution is 9.09. The Morgan fingerprint density at radius 1 is 1.36 bits per heavy atom. The van der Waals surface area contributed by atoms with Gasteiger partial charge in [-0.25, -0.2) is 19.2 Å². The molecule has 0 bridgehead atoms. The molecule has 0 radical (unpaired) electrons. The molecule has 5 nitrogen and oxygen atoms in total. The Morgan fingerprint density at radius 2 is 2.08 bits per heavy atom. The number of alkyl halides is 1. The van der Waals surface area contributed by atoms with Crippen molar-refractivity contribution < 1.29 is 18.7 Å². The van der Waals surface area contributed by atoms with Crippen LogP contribution in [0.2, 0.25) is 10.0 Å². The highest BCUT2D eigenvalue weighted by Gasteiger charge is 2.19. The van der Waals surface area contributed by atoms with Gasteiger partial charge in [0.1, 0.15) is 17.9 Å². The first kappa shape index (κ1) is 19.9. The summed E-state index contributed by atoms with van der Waals surface area (Å²) in [6, 6.07) is 2.42. The molecule has 9 heteroatoms. The first-order chi connectivity index (χ1) is 11.8. The lowest BCUT2D eigenvalue weighted by molar-refractivity contribution is -0.145. The second-order valence-corrected chi connectivity index (χ2v) is 7.05. The van der Waals surface area contributed by atoms with Crippen LogP contribution in [0.15, 0.2) is 18.5 Å². The van der Waals surface area contributed by atoms with Crippen molar-refractivity contribution in [1.82, 2.24) is 9.97 Å². The van der Waals surface area contributed by atoms with Crippen LogP contribution in [0.1, 0.15) is 24.4 Å². The highest BCUT2D eigenvalue weighted by atomic mass is 79.9. The van der Waals surface area contributed by atoms with Crippen molar-refractivity contribution in [2.24, 2.45) is 0 Å². The summed E-state index contributed by atoms with van der Waals surface area (Å²) in [4.78, 5) is 19.4. The molecule has 0 aliphatic carbocycles. The third kappa shape index (κ3) is 4.80. The fourth-order valence-electron chi connectivity index (χ4n) is 2.01. The van der Waals surface area contributed by atoms with E-state index in [1.54, 1.807) is 6.92 Å². The molecule has 1 unspecified atom stereocenters. The number of carbonyl (C=O) groups is 1. The van der Waals surface area contributed by atoms with E-state index in [9.17, 15) is 9.18 Å². The third-order valence-electron chi connectivity index (χ3n) is 3.12. The molecular weight excluding hydrogens is 438 g/mol. The first-order valence-corrected chi connectivity index (χ1v) is 8.94. The molecule has 25 heavy (non-hydrogen) atoms. The zero-order valence-electron chi connectivity index (χ0n) is 13.4. The van der Waals surface area contributed by atoms with Gasteiger partial charge in [0.15, 0.2) is 6.61 Å². The Balaban J connectivity index is 2.41. The minimum atomic E-state index is -0.623. The fraction of sp³-hybridized carbons (Fsp3) is 0.312. The molecule has 1 aromatic carbocycles. The smallest absolute Gasteiger partial charge is 0.344 e. The number of aromatic nitrogens is 2. The molecule has 0 saturated carbocycles. The summed E-state index contributed by atoms with van der Waals surface area (Å²) in [5, 5.41) is 0.231. The first-order valence-electron chi connectivity index (χ1n) is 7.27. The lowest BCUT2D eigenvalue weighted by atomic mass is 10.1. The number of nitrogens with zero attached hydrogens (tertiary/aromatic N) is 2. The number of hydrogen-bond donors (Lipinski definition) is 0. The summed E-state index contributed by atoms with van der Waals surface area (Å²) in [6.07, 6.45) is 1.29. The van der Waals surface area contributed by atoms with E-state index in [4.69, 9.17) is 32.7 Å². The average molecular weight is 452 g/mol. The van der Waals surface area contributed by atoms with Gasteiger partial charge in [0.25, 0.3) is 0 Å². The summed E-state index contributed by atoms with van der Waals surface area (Å²) in [5.74, 6) is -1.06. The van der Waals surface area contributed by atoms with Crippen molar-refractivity contribution >= 4 is 45.1 Å². The van der Waals surface area contributed by atoms with E-state index in [1.807, 2.05) is 6.92 Å². The number of esters is 1. The van der Waals surface area contributed by atoms with E-state index >= 15 is 0 Å². The SMILES string of the molecule is CCOC(=O)COc1cc(-c2ncnc(C(C)Br)c2Cl)c(F)cc1Cl. The van der Waals surface area contributed by atoms with Crippen molar-refractivity contribution in [2.75, 3.05) is 13.2 Å². The number of ether oxygens (including phenoxy) is 2. The summed E-state index contributed by atoms with van der Waals surface area (Å²) >= 11 is 15.7. The maximum Gasteiger partial charge on any atom is 0.344 e. The Labute approximate surface area is 162 Å². The van der Waals surface area contributed by atoms with E-state index in [2.05, 4.69) is 25.9 Å². The van der Waals surface area contributed by atoms with Gasteiger partial charge >= 0.3 is 5.97 Å². The molecule has 0 amide bonds. The van der Waals surface area contributed by atoms with Crippen molar-refractivity contribution in [1.29, 1.82) is 0 Å². The van der Waals surface area contributed by atoms with E-state index < -0.39 is 11.8 Å². The average Bonchev–Trinajstić information content (AvgIpc) is 2.55. The molecule has 134 valence electrons. The Kier molecular flexibility index (Phi) is 6.98. The van der Waals surface area contributed by atoms with Crippen LogP contribution in [0.25, 0.3) is 11.3 Å². The van der Waals surface area contributed by atoms with Gasteiger partial charge in [0, 0.05) is 5.56 Å². The van der Waals surface area contributed by atoms with E-state index in [-0.39, 0.29) is 45.1 Å². The molecule has 1 heterocycles. The molecule has 2 rings (SSSR count). The predicted octanol–water partition coefficient (Wildman–Crippen LogP) is 4.99. The lowest BCUT2D eigenvalue weighted by Crippen LogP contribution is -2.14. The van der Waals surface area contributed by atoms with Gasteiger partial charge in [-0.15, -0.1) is 0 Å². The molecule has 0 N–H and O–H groups in total. The lowest BCUT2D eigenvalue weighted by Gasteiger charge is -2.13. The van der Waals surface area contributed by atoms with Crippen molar-refractivity contribution in [3.05, 3.63) is 40.0 Å². The summed E-state index contributed by atoms with van der Waals surface area (Å²) < 4.78 is 24.5. The van der Waals surface area contributed by atoms with Crippen LogP contribution < -0.4 is 4.74 Å². The maximum absolute atomic E-state index is 14.4. The minimum Gasteiger partial charge on any atom is -0.480 e. The minimum absolute atomic E-state index is 0.0183. The zero-order chi connectivity index (χ0) is 18.6. The molecule has 0 fully saturated rings. The van der Waals surface area contributed by atoms with Gasteiger partial charge in [0.2, 0.25) is 0 Å². The standard InChI is InChI=1S/C16H14BrCl2FN2O3/c1-3-24-13(23)6-25-12-4-9(11(20)5-10(12)18)16-14(19)15(8(2)17)21-7-22-16/h4-5,7-8H,3,6H2,1-2H3. The number of halogens is 4. The van der Waals surface area contributed by atoms with Crippen LogP contribution in [0.4, 0.5) is 4.39 Å². The monoisotopic (exact) mass is 450 g/mol. The molecule has 1 atom stereocenters. The van der Waals surface area contributed by atoms with Crippen LogP contribution in [0.3, 0.4) is 0 Å². The van der Waals surface area contributed by atoms with Crippen LogP contribution >= 0.6 is 39.1 Å². The summed E-state index contributed by atoms with van der Waals surface area (Å²) in [6.45, 7) is 3.40. The van der Waals surface area contributed by atoms with Gasteiger partial charge in [-0.3, -0.25) is 0 Å². The summed E-state index contributed by atoms with van der Waals surface area (Å²) in [7, 11) is 0. The number of hydrogen-bond acceptors (Lipinski definition) is 5. The topological polar surface area (TPSA) is 61.3 Å². The van der Waals surface area contributed by atoms with Crippen molar-refractivity contribution in [2.45, 2.75) is 18.7 Å². The molecule has 0 spiro atoms. The fourth-order valence-corrected chi connectivity index (χ4v) is 3.06. The highest BCUT2D eigenvalue weighted by Crippen LogP contribution is 2.38. The zero-order valence-corrected chi connectivity index (χ0v) is 16.5. The molecule has 0 saturated heterocycles. The largest absolute Gasteiger partial charge is 0.480 e. The van der Waals surface area contributed by atoms with Crippen LogP contribution in [-0.4, -0.2) is 29.2 Å². The molecular formula is C16H14BrCl2FN2O3. The normalized spacial score (nSPS) is 11.9. The second kappa shape index (κ2) is 8.78. The van der Waals surface area contributed by atoms with Crippen LogP contribution in [-0.2, 0) is 9.53 Å². The number of benzene rings is 1. The van der Waals surface area contributed by atoms with E-state index in [0.717, 1.165) is 6.07 Å². The van der Waals surface area contributed by atoms with Gasteiger partial charge in [0.05, 0.1) is 32.9 Å². The van der Waals surface area contributed by atoms with Crippen molar-refractivity contribution in [3.63, 3.8) is 0 Å². The maximum atomic E-state index is 14.4. The second-order valence-electron chi connectivity index (χ2n) is 4.89. The van der Waals surface area contributed by atoms with Crippen LogP contribution in [0, 0.1) is 5.82 Å². The third-order valence-corrected chi connectivity index (χ3v) is 4.22. The Morgan fingerprint density at radius 3 is 2.72 bits per heavy atom. The molecule has 0 aliphatic rings. The number of rotatable bonds is 6. The van der Waals surface area contributed by atoms with Gasteiger partial charge in [-0.2, -0.15) is 0 Å². The van der Waals surface area contributed by atoms with E-state index in [1.165, 1.54) is 12.4 Å². The summed E-state index contributed by atoms with van der Waals surface area (Å²) in [5.41, 5.74) is 0.813. The Bertz CT molecular complexity index is 790. The molecule has 1 aromatic heterocycles. The van der Waals surface area contributed by atoms with Crippen molar-refractivity contribution in [3.8, 4) is 17.0 Å². The van der Waals surface area contributed by atoms with Crippen LogP contribution in [0.5, 0.6) is 5.75 Å². The van der Waals surface area contributed by atoms with E-state index in [0.29, 0.717) is 5.69 Å². The molecule has 2 aromatic rings. The van der Waals surface area contributed by atoms with Gasteiger partial charge < -0.3 is 9.47 Å². The Hall–Kier alpha value is -1.44. The van der Waals surface area contributed by atoms with Gasteiger partial charge in [-0.1, -0.05) is 39.1 Å². The number of carbonyl (C=O) groups excluding carboxylic acids is 1. The predicted molar refractivity (Wildman–Crippen MR) is 96.9 cm³/mol. The quantitative estimate of drug-likeness (QED) is 0.457. The molecule has 0 aliphatic heterocycles.